The smallest absolute Gasteiger partial charge is 0.407 e. The third-order valence-corrected chi connectivity index (χ3v) is 2.42. The second kappa shape index (κ2) is 3.69. The molecule has 2 aromatic rings. The summed E-state index contributed by atoms with van der Waals surface area (Å²) in [5.74, 6) is 0.209. The average molecular weight is 218 g/mol. The van der Waals surface area contributed by atoms with Gasteiger partial charge < -0.3 is 15.0 Å². The first-order valence-corrected chi connectivity index (χ1v) is 4.65. The number of nitrogens with two attached hydrogens (primary N) is 1. The summed E-state index contributed by atoms with van der Waals surface area (Å²) in [6, 6.07) is 7.23. The molecule has 0 aliphatic heterocycles. The Labute approximate surface area is 91.4 Å². The third kappa shape index (κ3) is 1.42. The molecule has 16 heavy (non-hydrogen) atoms. The van der Waals surface area contributed by atoms with E-state index in [9.17, 15) is 9.59 Å². The maximum Gasteiger partial charge on any atom is 0.410 e. The van der Waals surface area contributed by atoms with Gasteiger partial charge in [0.25, 0.3) is 0 Å². The predicted molar refractivity (Wildman–Crippen MR) is 58.5 cm³/mol. The number of hydrogen-bond donors (Lipinski definition) is 1. The Morgan fingerprint density at radius 3 is 2.75 bits per heavy atom. The fraction of sp³-hybridized carbons (Fsp3) is 0.0909. The van der Waals surface area contributed by atoms with Gasteiger partial charge in [-0.15, -0.1) is 0 Å². The van der Waals surface area contributed by atoms with E-state index in [4.69, 9.17) is 10.5 Å². The molecule has 0 saturated heterocycles. The molecule has 1 amide bonds. The monoisotopic (exact) mass is 218 g/mol. The molecule has 5 nitrogen and oxygen atoms in total. The lowest BCUT2D eigenvalue weighted by atomic mass is 10.2. The molecule has 0 atom stereocenters. The number of benzene rings is 1. The Kier molecular flexibility index (Phi) is 2.36. The second-order valence-electron chi connectivity index (χ2n) is 3.33. The van der Waals surface area contributed by atoms with Crippen LogP contribution in [0, 0.1) is 0 Å². The summed E-state index contributed by atoms with van der Waals surface area (Å²) in [6.45, 7) is 0. The molecule has 2 N–H and O–H groups in total. The van der Waals surface area contributed by atoms with Gasteiger partial charge in [-0.3, -0.25) is 4.79 Å². The molecule has 5 heteroatoms. The van der Waals surface area contributed by atoms with Crippen molar-refractivity contribution < 1.29 is 14.3 Å². The molecular weight excluding hydrogens is 208 g/mol. The molecule has 0 bridgehead atoms. The van der Waals surface area contributed by atoms with E-state index < -0.39 is 6.09 Å². The van der Waals surface area contributed by atoms with Crippen molar-refractivity contribution >= 4 is 23.3 Å². The highest BCUT2D eigenvalue weighted by Gasteiger charge is 2.17. The third-order valence-electron chi connectivity index (χ3n) is 2.42. The fourth-order valence-electron chi connectivity index (χ4n) is 1.72. The number of aldehydes is 1. The van der Waals surface area contributed by atoms with Crippen LogP contribution < -0.4 is 10.5 Å². The largest absolute Gasteiger partial charge is 0.410 e. The van der Waals surface area contributed by atoms with Gasteiger partial charge in [-0.1, -0.05) is 12.1 Å². The van der Waals surface area contributed by atoms with Crippen LogP contribution in [0.2, 0.25) is 0 Å². The number of rotatable bonds is 2. The fourth-order valence-corrected chi connectivity index (χ4v) is 1.72. The van der Waals surface area contributed by atoms with Gasteiger partial charge >= 0.3 is 6.09 Å². The normalized spacial score (nSPS) is 10.3. The summed E-state index contributed by atoms with van der Waals surface area (Å²) in [4.78, 5) is 21.7. The number of hydrogen-bond acceptors (Lipinski definition) is 3. The van der Waals surface area contributed by atoms with Gasteiger partial charge in [-0.2, -0.15) is 0 Å². The van der Waals surface area contributed by atoms with Crippen molar-refractivity contribution in [3.63, 3.8) is 0 Å². The Bertz CT molecular complexity index is 572. The van der Waals surface area contributed by atoms with Crippen LogP contribution in [0.15, 0.2) is 24.3 Å². The van der Waals surface area contributed by atoms with Crippen molar-refractivity contribution in [2.24, 2.45) is 12.8 Å². The molecule has 82 valence electrons. The SMILES string of the molecule is Cn1c(C=O)c(OC(N)=O)c2ccccc21. The molecular formula is C11H10N2O3. The highest BCUT2D eigenvalue weighted by molar-refractivity contribution is 5.97. The Balaban J connectivity index is 2.77. The summed E-state index contributed by atoms with van der Waals surface area (Å²) in [5, 5.41) is 0.686. The summed E-state index contributed by atoms with van der Waals surface area (Å²) in [5.41, 5.74) is 6.06. The Morgan fingerprint density at radius 1 is 1.44 bits per heavy atom. The van der Waals surface area contributed by atoms with E-state index in [2.05, 4.69) is 0 Å². The Morgan fingerprint density at radius 2 is 2.12 bits per heavy atom. The Hall–Kier alpha value is -2.30. The minimum absolute atomic E-state index is 0.209. The molecule has 0 fully saturated rings. The van der Waals surface area contributed by atoms with Crippen molar-refractivity contribution in [2.45, 2.75) is 0 Å². The minimum atomic E-state index is -0.931. The highest BCUT2D eigenvalue weighted by atomic mass is 16.5. The van der Waals surface area contributed by atoms with Gasteiger partial charge in [0.2, 0.25) is 0 Å². The number of para-hydroxylation sites is 1. The predicted octanol–water partition coefficient (Wildman–Crippen LogP) is 1.45. The number of nitrogens with zero attached hydrogens (tertiary/aromatic N) is 1. The first-order valence-electron chi connectivity index (χ1n) is 4.65. The summed E-state index contributed by atoms with van der Waals surface area (Å²) >= 11 is 0. The zero-order valence-electron chi connectivity index (χ0n) is 8.64. The van der Waals surface area contributed by atoms with Crippen LogP contribution in [0.5, 0.6) is 5.75 Å². The van der Waals surface area contributed by atoms with E-state index in [1.54, 1.807) is 23.7 Å². The number of carbonyl (C=O) groups is 2. The quantitative estimate of drug-likeness (QED) is 0.775. The lowest BCUT2D eigenvalue weighted by Gasteiger charge is -1.99. The van der Waals surface area contributed by atoms with E-state index in [1.807, 2.05) is 12.1 Å². The lowest BCUT2D eigenvalue weighted by Crippen LogP contribution is -2.17. The number of aromatic nitrogens is 1. The van der Waals surface area contributed by atoms with Gasteiger partial charge in [-0.05, 0) is 12.1 Å². The first-order chi connectivity index (χ1) is 7.65. The van der Waals surface area contributed by atoms with Crippen molar-refractivity contribution in [1.82, 2.24) is 4.57 Å². The van der Waals surface area contributed by atoms with Gasteiger partial charge in [-0.25, -0.2) is 4.79 Å². The summed E-state index contributed by atoms with van der Waals surface area (Å²) < 4.78 is 6.51. The summed E-state index contributed by atoms with van der Waals surface area (Å²) in [7, 11) is 1.72. The van der Waals surface area contributed by atoms with Crippen LogP contribution in [0.3, 0.4) is 0 Å². The van der Waals surface area contributed by atoms with Crippen molar-refractivity contribution in [3.05, 3.63) is 30.0 Å². The van der Waals surface area contributed by atoms with Gasteiger partial charge in [0.15, 0.2) is 12.0 Å². The summed E-state index contributed by atoms with van der Waals surface area (Å²) in [6.07, 6.45) is -0.294. The molecule has 0 radical (unpaired) electrons. The standard InChI is InChI=1S/C11H10N2O3/c1-13-8-5-3-2-4-7(8)10(9(13)6-14)16-11(12)15/h2-6H,1H3,(H2,12,15). The van der Waals surface area contributed by atoms with Crippen LogP contribution in [0.4, 0.5) is 4.79 Å². The van der Waals surface area contributed by atoms with Crippen LogP contribution in [-0.4, -0.2) is 16.9 Å². The van der Waals surface area contributed by atoms with Gasteiger partial charge in [0, 0.05) is 12.4 Å². The lowest BCUT2D eigenvalue weighted by molar-refractivity contribution is 0.111. The van der Waals surface area contributed by atoms with E-state index in [0.29, 0.717) is 17.4 Å². The number of carbonyl (C=O) groups excluding carboxylic acids is 2. The molecule has 0 unspecified atom stereocenters. The van der Waals surface area contributed by atoms with Crippen LogP contribution in [-0.2, 0) is 7.05 Å². The number of fused-ring (bicyclic) bond motifs is 1. The molecule has 0 saturated carbocycles. The molecule has 1 heterocycles. The topological polar surface area (TPSA) is 74.3 Å². The molecule has 0 aliphatic carbocycles. The zero-order valence-corrected chi connectivity index (χ0v) is 8.64. The van der Waals surface area contributed by atoms with E-state index in [0.717, 1.165) is 5.52 Å². The first kappa shape index (κ1) is 10.2. The molecule has 0 spiro atoms. The molecule has 2 rings (SSSR count). The maximum absolute atomic E-state index is 10.9. The van der Waals surface area contributed by atoms with E-state index >= 15 is 0 Å². The zero-order chi connectivity index (χ0) is 11.7. The van der Waals surface area contributed by atoms with Crippen LogP contribution in [0.25, 0.3) is 10.9 Å². The minimum Gasteiger partial charge on any atom is -0.407 e. The number of aryl methyl sites for hydroxylation is 1. The van der Waals surface area contributed by atoms with E-state index in [1.165, 1.54) is 0 Å². The molecule has 1 aromatic carbocycles. The van der Waals surface area contributed by atoms with Crippen molar-refractivity contribution in [3.8, 4) is 5.75 Å². The van der Waals surface area contributed by atoms with Crippen LogP contribution >= 0.6 is 0 Å². The highest BCUT2D eigenvalue weighted by Crippen LogP contribution is 2.31. The van der Waals surface area contributed by atoms with E-state index in [-0.39, 0.29) is 5.75 Å². The van der Waals surface area contributed by atoms with Crippen molar-refractivity contribution in [1.29, 1.82) is 0 Å². The maximum atomic E-state index is 10.9. The van der Waals surface area contributed by atoms with Gasteiger partial charge in [0.1, 0.15) is 5.69 Å². The number of ether oxygens (including phenoxy) is 1. The van der Waals surface area contributed by atoms with Crippen molar-refractivity contribution in [2.75, 3.05) is 0 Å². The number of primary amides is 1. The van der Waals surface area contributed by atoms with Crippen LogP contribution in [0.1, 0.15) is 10.5 Å². The molecule has 1 aromatic heterocycles. The van der Waals surface area contributed by atoms with Gasteiger partial charge in [0.05, 0.1) is 5.52 Å². The number of amides is 1. The second-order valence-corrected chi connectivity index (χ2v) is 3.33. The molecule has 0 aliphatic rings. The average Bonchev–Trinajstić information content (AvgIpc) is 2.52.